The van der Waals surface area contributed by atoms with E-state index in [-0.39, 0.29) is 17.0 Å². The number of ether oxygens (including phenoxy) is 1. The summed E-state index contributed by atoms with van der Waals surface area (Å²) in [6.45, 7) is 2.07. The van der Waals surface area contributed by atoms with Crippen molar-refractivity contribution in [1.29, 1.82) is 0 Å². The average molecular weight is 418 g/mol. The molecule has 0 N–H and O–H groups in total. The highest BCUT2D eigenvalue weighted by molar-refractivity contribution is 6.32. The van der Waals surface area contributed by atoms with Crippen molar-refractivity contribution in [3.8, 4) is 5.75 Å². The monoisotopic (exact) mass is 417 g/mol. The van der Waals surface area contributed by atoms with Crippen LogP contribution in [0.2, 0.25) is 10.4 Å². The Labute approximate surface area is 172 Å². The molecule has 0 saturated carbocycles. The van der Waals surface area contributed by atoms with Crippen LogP contribution in [-0.2, 0) is 13.1 Å². The molecule has 1 aliphatic heterocycles. The summed E-state index contributed by atoms with van der Waals surface area (Å²) in [5.74, 6) is 0.484. The summed E-state index contributed by atoms with van der Waals surface area (Å²) in [5.41, 5.74) is 3.80. The number of methoxy groups -OCH3 is 1. The van der Waals surface area contributed by atoms with Gasteiger partial charge in [0.15, 0.2) is 0 Å². The van der Waals surface area contributed by atoms with E-state index in [1.54, 1.807) is 19.2 Å². The smallest absolute Gasteiger partial charge is 0.224 e. The van der Waals surface area contributed by atoms with Crippen LogP contribution >= 0.6 is 23.2 Å². The first-order valence-corrected chi connectivity index (χ1v) is 9.61. The fourth-order valence-electron chi connectivity index (χ4n) is 3.58. The normalized spacial score (nSPS) is 16.6. The Morgan fingerprint density at radius 2 is 1.79 bits per heavy atom. The van der Waals surface area contributed by atoms with Gasteiger partial charge in [-0.2, -0.15) is 0 Å². The molecule has 0 bridgehead atoms. The van der Waals surface area contributed by atoms with E-state index in [0.717, 1.165) is 34.7 Å². The van der Waals surface area contributed by atoms with E-state index in [0.29, 0.717) is 18.2 Å². The van der Waals surface area contributed by atoms with Crippen molar-refractivity contribution < 1.29 is 9.13 Å². The van der Waals surface area contributed by atoms with E-state index < -0.39 is 0 Å². The second-order valence-electron chi connectivity index (χ2n) is 6.77. The SMILES string of the molecule is COc1ccc(CN2Cc3c(Cl)nc(Cl)nc3C(c3ccc(F)cc3)C2)cc1. The molecule has 0 radical (unpaired) electrons. The summed E-state index contributed by atoms with van der Waals surface area (Å²) < 4.78 is 18.6. The van der Waals surface area contributed by atoms with E-state index >= 15 is 0 Å². The molecule has 0 saturated heterocycles. The molecule has 0 aliphatic carbocycles. The van der Waals surface area contributed by atoms with Gasteiger partial charge >= 0.3 is 0 Å². The van der Waals surface area contributed by atoms with E-state index in [9.17, 15) is 4.39 Å². The summed E-state index contributed by atoms with van der Waals surface area (Å²) in [7, 11) is 1.65. The van der Waals surface area contributed by atoms with Crippen LogP contribution in [-0.4, -0.2) is 28.5 Å². The van der Waals surface area contributed by atoms with Crippen molar-refractivity contribution in [3.05, 3.63) is 87.2 Å². The molecular weight excluding hydrogens is 400 g/mol. The van der Waals surface area contributed by atoms with E-state index in [4.69, 9.17) is 27.9 Å². The number of halogens is 3. The first-order chi connectivity index (χ1) is 13.5. The van der Waals surface area contributed by atoms with Crippen molar-refractivity contribution in [2.75, 3.05) is 13.7 Å². The highest BCUT2D eigenvalue weighted by Crippen LogP contribution is 2.36. The van der Waals surface area contributed by atoms with Crippen molar-refractivity contribution in [2.45, 2.75) is 19.0 Å². The van der Waals surface area contributed by atoms with Crippen molar-refractivity contribution >= 4 is 23.2 Å². The molecule has 3 aromatic rings. The molecule has 7 heteroatoms. The third-order valence-electron chi connectivity index (χ3n) is 4.95. The average Bonchev–Trinajstić information content (AvgIpc) is 2.69. The van der Waals surface area contributed by atoms with Crippen LogP contribution in [0.15, 0.2) is 48.5 Å². The first kappa shape index (κ1) is 19.1. The van der Waals surface area contributed by atoms with Gasteiger partial charge in [0.2, 0.25) is 5.28 Å². The summed E-state index contributed by atoms with van der Waals surface area (Å²) in [5, 5.41) is 0.487. The number of aromatic nitrogens is 2. The van der Waals surface area contributed by atoms with Crippen LogP contribution in [0.1, 0.15) is 28.3 Å². The molecule has 144 valence electrons. The Morgan fingerprint density at radius 1 is 1.07 bits per heavy atom. The summed E-state index contributed by atoms with van der Waals surface area (Å²) >= 11 is 12.5. The fraction of sp³-hybridized carbons (Fsp3) is 0.238. The Balaban J connectivity index is 1.68. The van der Waals surface area contributed by atoms with Gasteiger partial charge in [0.25, 0.3) is 0 Å². The lowest BCUT2D eigenvalue weighted by molar-refractivity contribution is 0.229. The maximum atomic E-state index is 13.4. The highest BCUT2D eigenvalue weighted by Gasteiger charge is 2.30. The van der Waals surface area contributed by atoms with Gasteiger partial charge in [0, 0.05) is 31.1 Å². The van der Waals surface area contributed by atoms with Crippen molar-refractivity contribution in [1.82, 2.24) is 14.9 Å². The van der Waals surface area contributed by atoms with Gasteiger partial charge in [-0.05, 0) is 47.0 Å². The number of fused-ring (bicyclic) bond motifs is 1. The molecule has 1 aliphatic rings. The highest BCUT2D eigenvalue weighted by atomic mass is 35.5. The molecule has 1 aromatic heterocycles. The van der Waals surface area contributed by atoms with Crippen LogP contribution in [0.4, 0.5) is 4.39 Å². The van der Waals surface area contributed by atoms with Crippen LogP contribution in [0, 0.1) is 5.82 Å². The van der Waals surface area contributed by atoms with Crippen LogP contribution in [0.3, 0.4) is 0 Å². The third kappa shape index (κ3) is 3.97. The van der Waals surface area contributed by atoms with Crippen LogP contribution in [0.25, 0.3) is 0 Å². The predicted octanol–water partition coefficient (Wildman–Crippen LogP) is 5.08. The molecule has 2 heterocycles. The van der Waals surface area contributed by atoms with Crippen molar-refractivity contribution in [2.24, 2.45) is 0 Å². The number of nitrogens with zero attached hydrogens (tertiary/aromatic N) is 3. The van der Waals surface area contributed by atoms with Crippen LogP contribution < -0.4 is 4.74 Å². The van der Waals surface area contributed by atoms with Gasteiger partial charge in [-0.3, -0.25) is 4.90 Å². The fourth-order valence-corrected chi connectivity index (χ4v) is 4.04. The quantitative estimate of drug-likeness (QED) is 0.438. The molecule has 4 rings (SSSR count). The van der Waals surface area contributed by atoms with Gasteiger partial charge in [0.05, 0.1) is 12.8 Å². The zero-order valence-corrected chi connectivity index (χ0v) is 16.7. The molecule has 0 amide bonds. The number of hydrogen-bond donors (Lipinski definition) is 0. The standard InChI is InChI=1S/C21H18Cl2FN3O/c1-28-16-8-2-13(3-9-16)10-27-11-17(14-4-6-15(24)7-5-14)19-18(12-27)20(22)26-21(23)25-19/h2-9,17H,10-12H2,1H3. The minimum atomic E-state index is -0.270. The third-order valence-corrected chi connectivity index (χ3v) is 5.43. The van der Waals surface area contributed by atoms with Crippen molar-refractivity contribution in [3.63, 3.8) is 0 Å². The number of rotatable bonds is 4. The summed E-state index contributed by atoms with van der Waals surface area (Å²) in [6.07, 6.45) is 0. The lowest BCUT2D eigenvalue weighted by Gasteiger charge is -2.34. The van der Waals surface area contributed by atoms with Gasteiger partial charge in [0.1, 0.15) is 16.7 Å². The predicted molar refractivity (Wildman–Crippen MR) is 107 cm³/mol. The van der Waals surface area contributed by atoms with Gasteiger partial charge in [-0.1, -0.05) is 35.9 Å². The Morgan fingerprint density at radius 3 is 2.46 bits per heavy atom. The van der Waals surface area contributed by atoms with E-state index in [1.165, 1.54) is 12.1 Å². The maximum Gasteiger partial charge on any atom is 0.224 e. The largest absolute Gasteiger partial charge is 0.497 e. The molecule has 1 unspecified atom stereocenters. The lowest BCUT2D eigenvalue weighted by Crippen LogP contribution is -2.35. The molecule has 0 fully saturated rings. The van der Waals surface area contributed by atoms with E-state index in [2.05, 4.69) is 14.9 Å². The zero-order valence-electron chi connectivity index (χ0n) is 15.2. The van der Waals surface area contributed by atoms with Gasteiger partial charge < -0.3 is 4.74 Å². The second-order valence-corrected chi connectivity index (χ2v) is 7.47. The number of benzene rings is 2. The second kappa shape index (κ2) is 8.03. The van der Waals surface area contributed by atoms with Gasteiger partial charge in [-0.15, -0.1) is 0 Å². The Bertz CT molecular complexity index is 980. The molecule has 28 heavy (non-hydrogen) atoms. The molecule has 0 spiro atoms. The maximum absolute atomic E-state index is 13.4. The summed E-state index contributed by atoms with van der Waals surface area (Å²) in [6, 6.07) is 14.5. The molecule has 4 nitrogen and oxygen atoms in total. The Hall–Kier alpha value is -2.21. The number of hydrogen-bond acceptors (Lipinski definition) is 4. The summed E-state index contributed by atoms with van der Waals surface area (Å²) in [4.78, 5) is 10.8. The van der Waals surface area contributed by atoms with Crippen LogP contribution in [0.5, 0.6) is 5.75 Å². The molecule has 1 atom stereocenters. The molecular formula is C21H18Cl2FN3O. The lowest BCUT2D eigenvalue weighted by atomic mass is 9.89. The topological polar surface area (TPSA) is 38.2 Å². The Kier molecular flexibility index (Phi) is 5.49. The minimum absolute atomic E-state index is 0.0689. The van der Waals surface area contributed by atoms with Gasteiger partial charge in [-0.25, -0.2) is 14.4 Å². The first-order valence-electron chi connectivity index (χ1n) is 8.86. The zero-order chi connectivity index (χ0) is 19.7. The minimum Gasteiger partial charge on any atom is -0.497 e. The van der Waals surface area contributed by atoms with E-state index in [1.807, 2.05) is 24.3 Å². The molecule has 2 aromatic carbocycles.